The highest BCUT2D eigenvalue weighted by atomic mass is 19.4. The largest absolute Gasteiger partial charge is 0.417 e. The monoisotopic (exact) mass is 481 g/mol. The second-order valence-corrected chi connectivity index (χ2v) is 7.18. The molecular weight excluding hydrogens is 468 g/mol. The third-order valence-electron chi connectivity index (χ3n) is 4.85. The van der Waals surface area contributed by atoms with E-state index in [1.807, 2.05) is 0 Å². The van der Waals surface area contributed by atoms with Crippen LogP contribution < -0.4 is 5.56 Å². The van der Waals surface area contributed by atoms with E-state index < -0.39 is 36.1 Å². The van der Waals surface area contributed by atoms with Gasteiger partial charge >= 0.3 is 12.4 Å². The van der Waals surface area contributed by atoms with Crippen molar-refractivity contribution in [2.75, 3.05) is 0 Å². The van der Waals surface area contributed by atoms with Gasteiger partial charge in [0, 0.05) is 24.2 Å². The van der Waals surface area contributed by atoms with Gasteiger partial charge in [-0.15, -0.1) is 0 Å². The van der Waals surface area contributed by atoms with Crippen molar-refractivity contribution in [1.82, 2.24) is 24.5 Å². The van der Waals surface area contributed by atoms with Crippen molar-refractivity contribution in [1.29, 1.82) is 0 Å². The molecule has 4 rings (SSSR count). The first-order valence-electron chi connectivity index (χ1n) is 9.54. The van der Waals surface area contributed by atoms with Gasteiger partial charge in [-0.1, -0.05) is 0 Å². The number of halogens is 6. The summed E-state index contributed by atoms with van der Waals surface area (Å²) in [5.74, 6) is 0. The van der Waals surface area contributed by atoms with Gasteiger partial charge in [0.15, 0.2) is 6.10 Å². The van der Waals surface area contributed by atoms with Crippen LogP contribution in [0.3, 0.4) is 0 Å². The van der Waals surface area contributed by atoms with Crippen LogP contribution in [0, 0.1) is 0 Å². The van der Waals surface area contributed by atoms with Crippen LogP contribution in [0.5, 0.6) is 0 Å². The molecule has 7 nitrogen and oxygen atoms in total. The van der Waals surface area contributed by atoms with Gasteiger partial charge in [0.2, 0.25) is 0 Å². The highest BCUT2D eigenvalue weighted by Crippen LogP contribution is 2.31. The van der Waals surface area contributed by atoms with E-state index in [1.54, 1.807) is 12.1 Å². The zero-order valence-electron chi connectivity index (χ0n) is 16.8. The van der Waals surface area contributed by atoms with Crippen LogP contribution in [0.25, 0.3) is 33.5 Å². The van der Waals surface area contributed by atoms with Crippen LogP contribution in [0.4, 0.5) is 26.3 Å². The van der Waals surface area contributed by atoms with Gasteiger partial charge in [-0.3, -0.25) is 19.3 Å². The SMILES string of the molecule is O=c1c2cc(-c3ccc(C(F)(F)F)cn3)nc(-c3cccnc3)c2ncn1CC(O)C(F)(F)F. The van der Waals surface area contributed by atoms with Gasteiger partial charge in [0.05, 0.1) is 40.9 Å². The van der Waals surface area contributed by atoms with Crippen LogP contribution in [-0.4, -0.2) is 41.9 Å². The summed E-state index contributed by atoms with van der Waals surface area (Å²) >= 11 is 0. The first-order valence-corrected chi connectivity index (χ1v) is 9.54. The molecule has 0 radical (unpaired) electrons. The molecule has 0 aliphatic rings. The minimum absolute atomic E-state index is 0.00639. The number of rotatable bonds is 4. The van der Waals surface area contributed by atoms with E-state index in [9.17, 15) is 36.2 Å². The van der Waals surface area contributed by atoms with E-state index in [1.165, 1.54) is 18.5 Å². The lowest BCUT2D eigenvalue weighted by Gasteiger charge is -2.16. The average Bonchev–Trinajstić information content (AvgIpc) is 2.80. The van der Waals surface area contributed by atoms with Gasteiger partial charge in [0.25, 0.3) is 5.56 Å². The van der Waals surface area contributed by atoms with E-state index >= 15 is 0 Å². The van der Waals surface area contributed by atoms with Crippen LogP contribution in [0.1, 0.15) is 5.56 Å². The molecule has 0 aromatic carbocycles. The normalized spacial score (nSPS) is 13.3. The summed E-state index contributed by atoms with van der Waals surface area (Å²) < 4.78 is 77.6. The molecule has 13 heteroatoms. The molecule has 4 heterocycles. The van der Waals surface area contributed by atoms with E-state index in [0.717, 1.165) is 18.5 Å². The van der Waals surface area contributed by atoms with Gasteiger partial charge in [-0.2, -0.15) is 26.3 Å². The molecule has 1 unspecified atom stereocenters. The van der Waals surface area contributed by atoms with Crippen molar-refractivity contribution >= 4 is 10.9 Å². The maximum atomic E-state index is 13.0. The number of hydrogen-bond donors (Lipinski definition) is 1. The zero-order valence-corrected chi connectivity index (χ0v) is 16.8. The average molecular weight is 481 g/mol. The van der Waals surface area contributed by atoms with Gasteiger partial charge in [-0.25, -0.2) is 9.97 Å². The Kier molecular flexibility index (Phi) is 5.81. The lowest BCUT2D eigenvalue weighted by molar-refractivity contribution is -0.207. The second-order valence-electron chi connectivity index (χ2n) is 7.18. The molecule has 0 amide bonds. The highest BCUT2D eigenvalue weighted by molar-refractivity contribution is 5.93. The molecule has 1 N–H and O–H groups in total. The number of pyridine rings is 3. The summed E-state index contributed by atoms with van der Waals surface area (Å²) in [6.45, 7) is -1.09. The fraction of sp³-hybridized carbons (Fsp3) is 0.190. The van der Waals surface area contributed by atoms with Crippen LogP contribution in [-0.2, 0) is 12.7 Å². The molecule has 0 fully saturated rings. The first kappa shape index (κ1) is 23.3. The summed E-state index contributed by atoms with van der Waals surface area (Å²) in [6, 6.07) is 6.20. The van der Waals surface area contributed by atoms with E-state index in [2.05, 4.69) is 19.9 Å². The second kappa shape index (κ2) is 8.48. The van der Waals surface area contributed by atoms with Crippen molar-refractivity contribution in [2.24, 2.45) is 0 Å². The maximum absolute atomic E-state index is 13.0. The molecule has 0 spiro atoms. The van der Waals surface area contributed by atoms with Gasteiger partial charge in [-0.05, 0) is 30.3 Å². The smallest absolute Gasteiger partial charge is 0.382 e. The number of alkyl halides is 6. The molecule has 0 aliphatic carbocycles. The Labute approximate surface area is 186 Å². The minimum atomic E-state index is -4.96. The number of aromatic nitrogens is 5. The van der Waals surface area contributed by atoms with Gasteiger partial charge < -0.3 is 5.11 Å². The first-order chi connectivity index (χ1) is 15.9. The highest BCUT2D eigenvalue weighted by Gasteiger charge is 2.38. The summed E-state index contributed by atoms with van der Waals surface area (Å²) in [6.07, 6.45) is -8.02. The minimum Gasteiger partial charge on any atom is -0.382 e. The molecule has 0 aliphatic heterocycles. The van der Waals surface area contributed by atoms with Crippen LogP contribution in [0.15, 0.2) is 60.0 Å². The topological polar surface area (TPSA) is 93.8 Å². The van der Waals surface area contributed by atoms with E-state index in [4.69, 9.17) is 0 Å². The molecule has 0 saturated carbocycles. The zero-order chi connectivity index (χ0) is 24.7. The summed E-state index contributed by atoms with van der Waals surface area (Å²) in [4.78, 5) is 29.2. The van der Waals surface area contributed by atoms with Crippen molar-refractivity contribution in [3.63, 3.8) is 0 Å². The third kappa shape index (κ3) is 4.59. The fourth-order valence-electron chi connectivity index (χ4n) is 3.13. The Morgan fingerprint density at radius 2 is 1.76 bits per heavy atom. The third-order valence-corrected chi connectivity index (χ3v) is 4.85. The summed E-state index contributed by atoms with van der Waals surface area (Å²) in [5.41, 5.74) is -1.35. The summed E-state index contributed by atoms with van der Waals surface area (Å²) in [5, 5.41) is 9.19. The van der Waals surface area contributed by atoms with E-state index in [-0.39, 0.29) is 28.0 Å². The van der Waals surface area contributed by atoms with Crippen molar-refractivity contribution in [2.45, 2.75) is 25.0 Å². The fourth-order valence-corrected chi connectivity index (χ4v) is 3.13. The number of nitrogens with zero attached hydrogens (tertiary/aromatic N) is 5. The van der Waals surface area contributed by atoms with Crippen LogP contribution in [0.2, 0.25) is 0 Å². The quantitative estimate of drug-likeness (QED) is 0.445. The number of fused-ring (bicyclic) bond motifs is 1. The lowest BCUT2D eigenvalue weighted by Crippen LogP contribution is -2.36. The molecule has 4 aromatic heterocycles. The number of hydrogen-bond acceptors (Lipinski definition) is 6. The molecule has 0 bridgehead atoms. The Bertz CT molecular complexity index is 1390. The molecule has 176 valence electrons. The Hall–Kier alpha value is -3.87. The Balaban J connectivity index is 1.91. The van der Waals surface area contributed by atoms with Crippen molar-refractivity contribution in [3.8, 4) is 22.6 Å². The standard InChI is InChI=1S/C21H13F6N5O2/c22-20(23,24)12-3-4-14(29-8-12)15-6-13-18(17(31-15)11-2-1-5-28-7-11)30-10-32(19(13)34)9-16(33)21(25,26)27/h1-8,10,16,33H,9H2. The molecule has 4 aromatic rings. The Morgan fingerprint density at radius 3 is 2.35 bits per heavy atom. The van der Waals surface area contributed by atoms with Crippen molar-refractivity contribution in [3.05, 3.63) is 71.2 Å². The molecular formula is C21H13F6N5O2. The van der Waals surface area contributed by atoms with Crippen molar-refractivity contribution < 1.29 is 31.4 Å². The summed E-state index contributed by atoms with van der Waals surface area (Å²) in [7, 11) is 0. The molecule has 0 saturated heterocycles. The van der Waals surface area contributed by atoms with Gasteiger partial charge in [0.1, 0.15) is 5.52 Å². The predicted octanol–water partition coefficient (Wildman–Crippen LogP) is 3.86. The van der Waals surface area contributed by atoms with E-state index in [0.29, 0.717) is 16.3 Å². The number of aliphatic hydroxyl groups excluding tert-OH is 1. The van der Waals surface area contributed by atoms with Crippen LogP contribution >= 0.6 is 0 Å². The molecule has 34 heavy (non-hydrogen) atoms. The Morgan fingerprint density at radius 1 is 1.00 bits per heavy atom. The number of aliphatic hydroxyl groups is 1. The predicted molar refractivity (Wildman–Crippen MR) is 107 cm³/mol. The maximum Gasteiger partial charge on any atom is 0.417 e. The lowest BCUT2D eigenvalue weighted by atomic mass is 10.1. The molecule has 1 atom stereocenters.